The van der Waals surface area contributed by atoms with Gasteiger partial charge in [-0.25, -0.2) is 4.98 Å². The second-order valence-corrected chi connectivity index (χ2v) is 4.93. The number of aromatic nitrogens is 1. The standard InChI is InChI=1S/C12H15NOS.C2H6/c1-4-5-14-10-6-8(2)7-11-12(10)13-9(3)15-11;1-2/h6-7H,4-5H2,1-3H3;1-2H3. The smallest absolute Gasteiger partial charge is 0.146 e. The zero-order valence-corrected chi connectivity index (χ0v) is 12.1. The van der Waals surface area contributed by atoms with E-state index in [-0.39, 0.29) is 0 Å². The van der Waals surface area contributed by atoms with Crippen LogP contribution in [0.1, 0.15) is 37.8 Å². The van der Waals surface area contributed by atoms with Gasteiger partial charge < -0.3 is 4.74 Å². The highest BCUT2D eigenvalue weighted by Gasteiger charge is 2.08. The molecule has 2 nitrogen and oxygen atoms in total. The summed E-state index contributed by atoms with van der Waals surface area (Å²) in [4.78, 5) is 4.50. The minimum Gasteiger partial charge on any atom is -0.491 e. The molecule has 1 aromatic carbocycles. The van der Waals surface area contributed by atoms with Crippen molar-refractivity contribution in [1.82, 2.24) is 4.98 Å². The second kappa shape index (κ2) is 6.60. The molecule has 17 heavy (non-hydrogen) atoms. The minimum atomic E-state index is 0.759. The van der Waals surface area contributed by atoms with Crippen LogP contribution >= 0.6 is 11.3 Å². The Labute approximate surface area is 108 Å². The highest BCUT2D eigenvalue weighted by atomic mass is 32.1. The molecule has 94 valence electrons. The first-order valence-electron chi connectivity index (χ1n) is 6.21. The van der Waals surface area contributed by atoms with Gasteiger partial charge in [0.05, 0.1) is 16.3 Å². The quantitative estimate of drug-likeness (QED) is 0.787. The molecule has 0 spiro atoms. The molecular weight excluding hydrogens is 230 g/mol. The monoisotopic (exact) mass is 251 g/mol. The molecule has 0 N–H and O–H groups in total. The molecular formula is C14H21NOS. The highest BCUT2D eigenvalue weighted by molar-refractivity contribution is 7.18. The molecule has 2 rings (SSSR count). The summed E-state index contributed by atoms with van der Waals surface area (Å²) < 4.78 is 6.93. The fraction of sp³-hybridized carbons (Fsp3) is 0.500. The van der Waals surface area contributed by atoms with Gasteiger partial charge in [-0.3, -0.25) is 0 Å². The summed E-state index contributed by atoms with van der Waals surface area (Å²) in [6, 6.07) is 4.23. The largest absolute Gasteiger partial charge is 0.491 e. The van der Waals surface area contributed by atoms with Crippen molar-refractivity contribution >= 4 is 21.6 Å². The molecule has 1 aromatic heterocycles. The summed E-state index contributed by atoms with van der Waals surface area (Å²) in [7, 11) is 0. The number of nitrogens with zero attached hydrogens (tertiary/aromatic N) is 1. The molecule has 0 saturated heterocycles. The van der Waals surface area contributed by atoms with Crippen LogP contribution in [-0.2, 0) is 0 Å². The Morgan fingerprint density at radius 1 is 1.24 bits per heavy atom. The average Bonchev–Trinajstić information content (AvgIpc) is 2.69. The van der Waals surface area contributed by atoms with E-state index in [2.05, 4.69) is 31.0 Å². The maximum absolute atomic E-state index is 5.71. The summed E-state index contributed by atoms with van der Waals surface area (Å²) in [5, 5.41) is 1.09. The molecule has 0 saturated carbocycles. The number of ether oxygens (including phenoxy) is 1. The summed E-state index contributed by atoms with van der Waals surface area (Å²) >= 11 is 1.72. The predicted molar refractivity (Wildman–Crippen MR) is 76.2 cm³/mol. The van der Waals surface area contributed by atoms with Gasteiger partial charge in [-0.2, -0.15) is 0 Å². The Morgan fingerprint density at radius 2 is 1.94 bits per heavy atom. The van der Waals surface area contributed by atoms with Crippen molar-refractivity contribution in [2.75, 3.05) is 6.61 Å². The lowest BCUT2D eigenvalue weighted by molar-refractivity contribution is 0.320. The number of hydrogen-bond donors (Lipinski definition) is 0. The lowest BCUT2D eigenvalue weighted by Gasteiger charge is -2.05. The van der Waals surface area contributed by atoms with E-state index in [4.69, 9.17) is 4.74 Å². The Hall–Kier alpha value is -1.09. The van der Waals surface area contributed by atoms with Gasteiger partial charge in [-0.05, 0) is 38.0 Å². The third kappa shape index (κ3) is 3.43. The van der Waals surface area contributed by atoms with Crippen molar-refractivity contribution in [2.24, 2.45) is 0 Å². The van der Waals surface area contributed by atoms with E-state index >= 15 is 0 Å². The Kier molecular flexibility index (Phi) is 5.42. The third-order valence-electron chi connectivity index (χ3n) is 2.17. The number of rotatable bonds is 3. The van der Waals surface area contributed by atoms with E-state index in [1.54, 1.807) is 11.3 Å². The number of fused-ring (bicyclic) bond motifs is 1. The minimum absolute atomic E-state index is 0.759. The van der Waals surface area contributed by atoms with E-state index in [1.165, 1.54) is 10.3 Å². The molecule has 2 aromatic rings. The number of hydrogen-bond acceptors (Lipinski definition) is 3. The fourth-order valence-corrected chi connectivity index (χ4v) is 2.51. The van der Waals surface area contributed by atoms with Crippen molar-refractivity contribution in [3.05, 3.63) is 22.7 Å². The van der Waals surface area contributed by atoms with Gasteiger partial charge >= 0.3 is 0 Å². The second-order valence-electron chi connectivity index (χ2n) is 3.69. The van der Waals surface area contributed by atoms with Crippen LogP contribution in [-0.4, -0.2) is 11.6 Å². The molecule has 0 aliphatic carbocycles. The van der Waals surface area contributed by atoms with Gasteiger partial charge in [0.25, 0.3) is 0 Å². The SMILES string of the molecule is CC.CCCOc1cc(C)cc2sc(C)nc12. The maximum atomic E-state index is 5.71. The van der Waals surface area contributed by atoms with Crippen molar-refractivity contribution in [1.29, 1.82) is 0 Å². The van der Waals surface area contributed by atoms with Crippen molar-refractivity contribution in [3.8, 4) is 5.75 Å². The van der Waals surface area contributed by atoms with Gasteiger partial charge in [0.1, 0.15) is 11.3 Å². The maximum Gasteiger partial charge on any atom is 0.146 e. The number of aryl methyl sites for hydroxylation is 2. The first-order chi connectivity index (χ1) is 8.20. The molecule has 0 radical (unpaired) electrons. The van der Waals surface area contributed by atoms with Crippen molar-refractivity contribution in [3.63, 3.8) is 0 Å². The van der Waals surface area contributed by atoms with Gasteiger partial charge in [0.15, 0.2) is 0 Å². The van der Waals surface area contributed by atoms with Crippen LogP contribution in [0, 0.1) is 13.8 Å². The van der Waals surface area contributed by atoms with Crippen LogP contribution in [0.5, 0.6) is 5.75 Å². The molecule has 0 fully saturated rings. The van der Waals surface area contributed by atoms with Crippen LogP contribution < -0.4 is 4.74 Å². The summed E-state index contributed by atoms with van der Waals surface area (Å²) in [5.74, 6) is 0.927. The zero-order chi connectivity index (χ0) is 12.8. The summed E-state index contributed by atoms with van der Waals surface area (Å²) in [5.41, 5.74) is 2.24. The van der Waals surface area contributed by atoms with Crippen LogP contribution in [0.3, 0.4) is 0 Å². The van der Waals surface area contributed by atoms with E-state index < -0.39 is 0 Å². The molecule has 0 aliphatic heterocycles. The van der Waals surface area contributed by atoms with Gasteiger partial charge in [0.2, 0.25) is 0 Å². The van der Waals surface area contributed by atoms with E-state index in [0.717, 1.165) is 29.3 Å². The number of thiazole rings is 1. The highest BCUT2D eigenvalue weighted by Crippen LogP contribution is 2.31. The Morgan fingerprint density at radius 3 is 2.59 bits per heavy atom. The molecule has 1 heterocycles. The molecule has 0 aliphatic rings. The lowest BCUT2D eigenvalue weighted by Crippen LogP contribution is -1.96. The number of benzene rings is 1. The van der Waals surface area contributed by atoms with Crippen molar-refractivity contribution < 1.29 is 4.74 Å². The van der Waals surface area contributed by atoms with Crippen LogP contribution in [0.4, 0.5) is 0 Å². The molecule has 0 atom stereocenters. The zero-order valence-electron chi connectivity index (χ0n) is 11.3. The fourth-order valence-electron chi connectivity index (χ4n) is 1.56. The molecule has 0 bridgehead atoms. The Balaban J connectivity index is 0.000000686. The molecule has 0 amide bonds. The van der Waals surface area contributed by atoms with Gasteiger partial charge in [-0.1, -0.05) is 20.8 Å². The van der Waals surface area contributed by atoms with E-state index in [0.29, 0.717) is 0 Å². The summed E-state index contributed by atoms with van der Waals surface area (Å²) in [6.45, 7) is 11.0. The Bertz CT molecular complexity index is 476. The van der Waals surface area contributed by atoms with Gasteiger partial charge in [0, 0.05) is 0 Å². The van der Waals surface area contributed by atoms with E-state index in [1.807, 2.05) is 20.8 Å². The van der Waals surface area contributed by atoms with Crippen LogP contribution in [0.15, 0.2) is 12.1 Å². The first-order valence-corrected chi connectivity index (χ1v) is 7.03. The average molecular weight is 251 g/mol. The van der Waals surface area contributed by atoms with Gasteiger partial charge in [-0.15, -0.1) is 11.3 Å². The lowest BCUT2D eigenvalue weighted by atomic mass is 10.2. The molecule has 3 heteroatoms. The van der Waals surface area contributed by atoms with Crippen LogP contribution in [0.2, 0.25) is 0 Å². The molecule has 0 unspecified atom stereocenters. The normalized spacial score (nSPS) is 9.94. The first kappa shape index (κ1) is 14.0. The third-order valence-corrected chi connectivity index (χ3v) is 3.09. The van der Waals surface area contributed by atoms with E-state index in [9.17, 15) is 0 Å². The van der Waals surface area contributed by atoms with Crippen LogP contribution in [0.25, 0.3) is 10.2 Å². The predicted octanol–water partition coefficient (Wildman–Crippen LogP) is 4.73. The van der Waals surface area contributed by atoms with Crippen molar-refractivity contribution in [2.45, 2.75) is 41.0 Å². The topological polar surface area (TPSA) is 22.1 Å². The summed E-state index contributed by atoms with van der Waals surface area (Å²) in [6.07, 6.45) is 1.03.